The van der Waals surface area contributed by atoms with Gasteiger partial charge in [0.05, 0.1) is 17.1 Å². The highest BCUT2D eigenvalue weighted by atomic mass is 35.5. The van der Waals surface area contributed by atoms with Crippen LogP contribution >= 0.6 is 11.6 Å². The minimum Gasteiger partial charge on any atom is -0.349 e. The third-order valence-electron chi connectivity index (χ3n) is 3.15. The fraction of sp³-hybridized carbons (Fsp3) is 0.133. The van der Waals surface area contributed by atoms with Crippen LogP contribution in [0.2, 0.25) is 5.02 Å². The van der Waals surface area contributed by atoms with Crippen LogP contribution in [-0.4, -0.2) is 9.97 Å². The number of hydrogen-bond acceptors (Lipinski definition) is 2. The van der Waals surface area contributed by atoms with Gasteiger partial charge in [0.2, 0.25) is 5.95 Å². The number of nitrogens with zero attached hydrogens (tertiary/aromatic N) is 1. The monoisotopic (exact) mass is 289 g/mol. The van der Waals surface area contributed by atoms with E-state index in [9.17, 15) is 4.39 Å². The number of benzene rings is 2. The first-order chi connectivity index (χ1) is 9.61. The van der Waals surface area contributed by atoms with Gasteiger partial charge in [0, 0.05) is 5.02 Å². The fourth-order valence-corrected chi connectivity index (χ4v) is 2.31. The average molecular weight is 290 g/mol. The summed E-state index contributed by atoms with van der Waals surface area (Å²) < 4.78 is 13.1. The maximum atomic E-state index is 13.1. The molecular formula is C15H13ClFN3. The minimum absolute atomic E-state index is 0.0408. The summed E-state index contributed by atoms with van der Waals surface area (Å²) in [6, 6.07) is 12.2. The Morgan fingerprint density at radius 2 is 2.10 bits per heavy atom. The zero-order valence-corrected chi connectivity index (χ0v) is 11.6. The number of nitrogens with one attached hydrogen (secondary N) is 2. The van der Waals surface area contributed by atoms with Crippen LogP contribution in [0.15, 0.2) is 42.5 Å². The molecule has 1 atom stereocenters. The van der Waals surface area contributed by atoms with E-state index < -0.39 is 0 Å². The highest BCUT2D eigenvalue weighted by molar-refractivity contribution is 6.30. The third kappa shape index (κ3) is 2.60. The first kappa shape index (κ1) is 12.9. The number of anilines is 1. The average Bonchev–Trinajstić information content (AvgIpc) is 2.80. The van der Waals surface area contributed by atoms with Crippen molar-refractivity contribution in [2.45, 2.75) is 13.0 Å². The van der Waals surface area contributed by atoms with Gasteiger partial charge in [0.25, 0.3) is 0 Å². The molecule has 1 aromatic heterocycles. The molecular weight excluding hydrogens is 277 g/mol. The fourth-order valence-electron chi connectivity index (χ4n) is 2.11. The summed E-state index contributed by atoms with van der Waals surface area (Å²) in [5, 5.41) is 3.94. The van der Waals surface area contributed by atoms with Crippen LogP contribution < -0.4 is 5.32 Å². The number of hydrogen-bond donors (Lipinski definition) is 2. The van der Waals surface area contributed by atoms with Crippen LogP contribution in [0.5, 0.6) is 0 Å². The molecule has 3 rings (SSSR count). The molecule has 20 heavy (non-hydrogen) atoms. The van der Waals surface area contributed by atoms with Crippen LogP contribution in [0.3, 0.4) is 0 Å². The molecule has 1 heterocycles. The summed E-state index contributed by atoms with van der Waals surface area (Å²) in [7, 11) is 0. The molecule has 0 aliphatic heterocycles. The van der Waals surface area contributed by atoms with Gasteiger partial charge in [-0.2, -0.15) is 0 Å². The smallest absolute Gasteiger partial charge is 0.201 e. The predicted octanol–water partition coefficient (Wildman–Crippen LogP) is 4.53. The Kier molecular flexibility index (Phi) is 3.32. The molecule has 2 N–H and O–H groups in total. The van der Waals surface area contributed by atoms with E-state index in [-0.39, 0.29) is 11.9 Å². The SMILES string of the molecule is CC(Nc1nc2ccc(F)cc2[nH]1)c1cccc(Cl)c1. The number of imidazole rings is 1. The molecule has 0 bridgehead atoms. The Hall–Kier alpha value is -2.07. The lowest BCUT2D eigenvalue weighted by molar-refractivity contribution is 0.629. The number of aromatic amines is 1. The quantitative estimate of drug-likeness (QED) is 0.744. The highest BCUT2D eigenvalue weighted by Crippen LogP contribution is 2.22. The van der Waals surface area contributed by atoms with Crippen molar-refractivity contribution in [3.05, 3.63) is 58.9 Å². The van der Waals surface area contributed by atoms with Gasteiger partial charge in [-0.3, -0.25) is 0 Å². The first-order valence-electron chi connectivity index (χ1n) is 6.29. The second-order valence-electron chi connectivity index (χ2n) is 4.67. The summed E-state index contributed by atoms with van der Waals surface area (Å²) in [6.45, 7) is 2.01. The molecule has 5 heteroatoms. The number of rotatable bonds is 3. The normalized spacial score (nSPS) is 12.6. The van der Waals surface area contributed by atoms with Crippen molar-refractivity contribution in [2.24, 2.45) is 0 Å². The summed E-state index contributed by atoms with van der Waals surface area (Å²) in [5.41, 5.74) is 2.46. The Labute approximate surface area is 120 Å². The van der Waals surface area contributed by atoms with Gasteiger partial charge in [-0.05, 0) is 42.8 Å². The molecule has 0 spiro atoms. The van der Waals surface area contributed by atoms with E-state index in [1.165, 1.54) is 12.1 Å². The Balaban J connectivity index is 1.85. The van der Waals surface area contributed by atoms with Crippen molar-refractivity contribution in [3.63, 3.8) is 0 Å². The first-order valence-corrected chi connectivity index (χ1v) is 6.67. The third-order valence-corrected chi connectivity index (χ3v) is 3.38. The zero-order valence-electron chi connectivity index (χ0n) is 10.8. The zero-order chi connectivity index (χ0) is 14.1. The predicted molar refractivity (Wildman–Crippen MR) is 79.5 cm³/mol. The van der Waals surface area contributed by atoms with Crippen molar-refractivity contribution in [1.82, 2.24) is 9.97 Å². The van der Waals surface area contributed by atoms with Gasteiger partial charge >= 0.3 is 0 Å². The lowest BCUT2D eigenvalue weighted by Gasteiger charge is -2.13. The summed E-state index contributed by atoms with van der Waals surface area (Å²) >= 11 is 5.98. The molecule has 0 radical (unpaired) electrons. The van der Waals surface area contributed by atoms with Crippen LogP contribution in [0.1, 0.15) is 18.5 Å². The van der Waals surface area contributed by atoms with Gasteiger partial charge in [-0.1, -0.05) is 23.7 Å². The summed E-state index contributed by atoms with van der Waals surface area (Å²) in [6.07, 6.45) is 0. The summed E-state index contributed by atoms with van der Waals surface area (Å²) in [5.74, 6) is 0.327. The minimum atomic E-state index is -0.282. The van der Waals surface area contributed by atoms with Gasteiger partial charge in [-0.25, -0.2) is 9.37 Å². The molecule has 1 unspecified atom stereocenters. The standard InChI is InChI=1S/C15H13ClFN3/c1-9(10-3-2-4-11(16)7-10)18-15-19-13-6-5-12(17)8-14(13)20-15/h2-9H,1H3,(H2,18,19,20). The molecule has 0 aliphatic rings. The highest BCUT2D eigenvalue weighted by Gasteiger charge is 2.09. The number of H-pyrrole nitrogens is 1. The molecule has 0 saturated carbocycles. The lowest BCUT2D eigenvalue weighted by Crippen LogP contribution is -2.07. The van der Waals surface area contributed by atoms with Crippen molar-refractivity contribution in [2.75, 3.05) is 5.32 Å². The van der Waals surface area contributed by atoms with Crippen LogP contribution in [0.4, 0.5) is 10.3 Å². The van der Waals surface area contributed by atoms with E-state index in [4.69, 9.17) is 11.6 Å². The van der Waals surface area contributed by atoms with Crippen molar-refractivity contribution < 1.29 is 4.39 Å². The van der Waals surface area contributed by atoms with E-state index in [0.29, 0.717) is 16.5 Å². The van der Waals surface area contributed by atoms with Gasteiger partial charge in [0.1, 0.15) is 5.82 Å². The van der Waals surface area contributed by atoms with Crippen LogP contribution in [-0.2, 0) is 0 Å². The molecule has 102 valence electrons. The van der Waals surface area contributed by atoms with E-state index in [1.807, 2.05) is 31.2 Å². The van der Waals surface area contributed by atoms with Gasteiger partial charge in [0.15, 0.2) is 0 Å². The van der Waals surface area contributed by atoms with E-state index >= 15 is 0 Å². The van der Waals surface area contributed by atoms with Gasteiger partial charge in [-0.15, -0.1) is 0 Å². The second kappa shape index (κ2) is 5.13. The number of aromatic nitrogens is 2. The summed E-state index contributed by atoms with van der Waals surface area (Å²) in [4.78, 5) is 7.43. The maximum Gasteiger partial charge on any atom is 0.201 e. The van der Waals surface area contributed by atoms with E-state index in [2.05, 4.69) is 15.3 Å². The van der Waals surface area contributed by atoms with Crippen LogP contribution in [0.25, 0.3) is 11.0 Å². The Morgan fingerprint density at radius 3 is 2.90 bits per heavy atom. The van der Waals surface area contributed by atoms with Crippen molar-refractivity contribution >= 4 is 28.6 Å². The van der Waals surface area contributed by atoms with Crippen molar-refractivity contribution in [3.8, 4) is 0 Å². The molecule has 3 nitrogen and oxygen atoms in total. The molecule has 2 aromatic carbocycles. The molecule has 0 saturated heterocycles. The Morgan fingerprint density at radius 1 is 1.25 bits per heavy atom. The molecule has 0 amide bonds. The lowest BCUT2D eigenvalue weighted by atomic mass is 10.1. The van der Waals surface area contributed by atoms with Crippen molar-refractivity contribution in [1.29, 1.82) is 0 Å². The van der Waals surface area contributed by atoms with Crippen LogP contribution in [0, 0.1) is 5.82 Å². The topological polar surface area (TPSA) is 40.7 Å². The molecule has 3 aromatic rings. The number of halogens is 2. The van der Waals surface area contributed by atoms with E-state index in [1.54, 1.807) is 6.07 Å². The molecule has 0 fully saturated rings. The van der Waals surface area contributed by atoms with Gasteiger partial charge < -0.3 is 10.3 Å². The maximum absolute atomic E-state index is 13.1. The second-order valence-corrected chi connectivity index (χ2v) is 5.10. The largest absolute Gasteiger partial charge is 0.349 e. The molecule has 0 aliphatic carbocycles. The Bertz CT molecular complexity index is 754. The number of fused-ring (bicyclic) bond motifs is 1. The van der Waals surface area contributed by atoms with E-state index in [0.717, 1.165) is 11.1 Å².